The molecular formula is C36H34N6O4+2. The summed E-state index contributed by atoms with van der Waals surface area (Å²) in [5, 5.41) is 11.4. The number of aryl methyl sites for hydroxylation is 2. The van der Waals surface area contributed by atoms with Crippen LogP contribution in [0.25, 0.3) is 0 Å². The van der Waals surface area contributed by atoms with Gasteiger partial charge in [-0.2, -0.15) is 0 Å². The van der Waals surface area contributed by atoms with Crippen molar-refractivity contribution in [2.75, 3.05) is 21.3 Å². The Hall–Kier alpha value is -6.16. The van der Waals surface area contributed by atoms with Gasteiger partial charge >= 0.3 is 11.8 Å². The minimum absolute atomic E-state index is 0.255. The Balaban J connectivity index is 1.14. The van der Waals surface area contributed by atoms with Crippen molar-refractivity contribution >= 4 is 46.6 Å². The van der Waals surface area contributed by atoms with Crippen LogP contribution < -0.4 is 30.4 Å². The van der Waals surface area contributed by atoms with E-state index in [0.29, 0.717) is 45.3 Å². The Morgan fingerprint density at radius 2 is 0.739 bits per heavy atom. The first-order valence-electron chi connectivity index (χ1n) is 14.9. The fraction of sp³-hybridized carbons (Fsp3) is 0.111. The fourth-order valence-corrected chi connectivity index (χ4v) is 4.70. The van der Waals surface area contributed by atoms with Crippen LogP contribution in [-0.2, 0) is 13.1 Å². The SMILES string of the molecule is CC[n+]1ccccc1NC(=O)c1ccc(NC(=O)c2ccc(C(=O)Nc3ccc(C(=O)Nc4cccc[n+]4CC)cc3)cc2)cc1. The molecule has 0 saturated carbocycles. The lowest BCUT2D eigenvalue weighted by molar-refractivity contribution is -0.679. The highest BCUT2D eigenvalue weighted by Crippen LogP contribution is 2.16. The summed E-state index contributed by atoms with van der Waals surface area (Å²) in [7, 11) is 0. The number of rotatable bonds is 10. The summed E-state index contributed by atoms with van der Waals surface area (Å²) in [4.78, 5) is 51.1. The largest absolute Gasteiger partial charge is 0.339 e. The number of nitrogens with one attached hydrogen (secondary N) is 4. The number of carbonyl (C=O) groups excluding carboxylic acids is 4. The van der Waals surface area contributed by atoms with Crippen LogP contribution in [-0.4, -0.2) is 23.6 Å². The average Bonchev–Trinajstić information content (AvgIpc) is 3.09. The van der Waals surface area contributed by atoms with Crippen molar-refractivity contribution in [2.45, 2.75) is 26.9 Å². The molecule has 0 radical (unpaired) electrons. The van der Waals surface area contributed by atoms with E-state index in [1.807, 2.05) is 71.8 Å². The van der Waals surface area contributed by atoms with Gasteiger partial charge in [0.05, 0.1) is 36.6 Å². The molecule has 0 aliphatic carbocycles. The van der Waals surface area contributed by atoms with Crippen LogP contribution in [0.4, 0.5) is 23.0 Å². The number of hydrogen-bond donors (Lipinski definition) is 4. The van der Waals surface area contributed by atoms with Crippen LogP contribution in [0.3, 0.4) is 0 Å². The first-order valence-corrected chi connectivity index (χ1v) is 14.9. The Bertz CT molecular complexity index is 1730. The smallest absolute Gasteiger partial charge is 0.322 e. The molecular weight excluding hydrogens is 580 g/mol. The Morgan fingerprint density at radius 1 is 0.435 bits per heavy atom. The third-order valence-corrected chi connectivity index (χ3v) is 7.27. The van der Waals surface area contributed by atoms with Crippen molar-refractivity contribution in [3.05, 3.63) is 144 Å². The van der Waals surface area contributed by atoms with Gasteiger partial charge in [-0.05, 0) is 98.8 Å². The van der Waals surface area contributed by atoms with Crippen molar-refractivity contribution in [2.24, 2.45) is 0 Å². The van der Waals surface area contributed by atoms with Gasteiger partial charge in [0.25, 0.3) is 23.5 Å². The number of pyridine rings is 2. The molecule has 4 amide bonds. The number of aromatic nitrogens is 2. The van der Waals surface area contributed by atoms with Gasteiger partial charge in [0.15, 0.2) is 0 Å². The lowest BCUT2D eigenvalue weighted by atomic mass is 10.1. The molecule has 0 spiro atoms. The Morgan fingerprint density at radius 3 is 1.07 bits per heavy atom. The second kappa shape index (κ2) is 14.5. The van der Waals surface area contributed by atoms with Crippen molar-refractivity contribution in [1.29, 1.82) is 0 Å². The first kappa shape index (κ1) is 31.3. The molecule has 5 aromatic rings. The van der Waals surface area contributed by atoms with Crippen molar-refractivity contribution in [3.8, 4) is 0 Å². The topological polar surface area (TPSA) is 124 Å². The molecule has 2 aromatic heterocycles. The van der Waals surface area contributed by atoms with Crippen LogP contribution in [0.1, 0.15) is 55.3 Å². The molecule has 0 unspecified atom stereocenters. The minimum Gasteiger partial charge on any atom is -0.322 e. The monoisotopic (exact) mass is 614 g/mol. The van der Waals surface area contributed by atoms with Gasteiger partial charge in [0.1, 0.15) is 0 Å². The summed E-state index contributed by atoms with van der Waals surface area (Å²) >= 11 is 0. The molecule has 4 N–H and O–H groups in total. The average molecular weight is 615 g/mol. The van der Waals surface area contributed by atoms with Crippen LogP contribution in [0.5, 0.6) is 0 Å². The van der Waals surface area contributed by atoms with Crippen molar-refractivity contribution < 1.29 is 28.3 Å². The van der Waals surface area contributed by atoms with Crippen LogP contribution in [0, 0.1) is 0 Å². The summed E-state index contributed by atoms with van der Waals surface area (Å²) < 4.78 is 3.85. The fourth-order valence-electron chi connectivity index (χ4n) is 4.70. The Kier molecular flexibility index (Phi) is 9.89. The molecule has 0 saturated heterocycles. The van der Waals surface area contributed by atoms with Gasteiger partial charge in [0.2, 0.25) is 0 Å². The quantitative estimate of drug-likeness (QED) is 0.159. The van der Waals surface area contributed by atoms with Gasteiger partial charge < -0.3 is 10.6 Å². The highest BCUT2D eigenvalue weighted by atomic mass is 16.2. The molecule has 10 heteroatoms. The van der Waals surface area contributed by atoms with E-state index in [1.165, 1.54) is 0 Å². The lowest BCUT2D eigenvalue weighted by Gasteiger charge is -2.09. The van der Waals surface area contributed by atoms with Crippen molar-refractivity contribution in [3.63, 3.8) is 0 Å². The molecule has 0 atom stereocenters. The molecule has 230 valence electrons. The van der Waals surface area contributed by atoms with E-state index in [9.17, 15) is 19.2 Å². The van der Waals surface area contributed by atoms with E-state index < -0.39 is 0 Å². The standard InChI is InChI=1S/C36H32N6O4/c1-3-41-23-7-5-9-31(41)39-35(45)27-15-19-29(20-16-27)37-33(43)25-11-13-26(14-12-25)34(44)38-30-21-17-28(18-22-30)36(46)40-32-10-6-8-24-42(32)4-2/h5-24H,3-4H2,1-2H3,(H2,37,38,43,44,45,46)/p+2. The van der Waals surface area contributed by atoms with E-state index in [0.717, 1.165) is 13.1 Å². The van der Waals surface area contributed by atoms with Crippen LogP contribution in [0.15, 0.2) is 122 Å². The maximum absolute atomic E-state index is 12.8. The van der Waals surface area contributed by atoms with E-state index in [4.69, 9.17) is 0 Å². The minimum atomic E-state index is -0.355. The number of hydrogen-bond acceptors (Lipinski definition) is 4. The maximum Gasteiger partial charge on any atom is 0.339 e. The van der Waals surface area contributed by atoms with Gasteiger partial charge in [-0.3, -0.25) is 9.59 Å². The summed E-state index contributed by atoms with van der Waals surface area (Å²) in [6.07, 6.45) is 3.78. The summed E-state index contributed by atoms with van der Waals surface area (Å²) in [6, 6.07) is 30.6. The van der Waals surface area contributed by atoms with Crippen molar-refractivity contribution in [1.82, 2.24) is 0 Å². The third kappa shape index (κ3) is 7.67. The maximum atomic E-state index is 12.8. The summed E-state index contributed by atoms with van der Waals surface area (Å²) in [5.41, 5.74) is 2.69. The van der Waals surface area contributed by atoms with E-state index >= 15 is 0 Å². The van der Waals surface area contributed by atoms with Gasteiger partial charge in [-0.25, -0.2) is 29.4 Å². The van der Waals surface area contributed by atoms with Gasteiger partial charge in [0, 0.05) is 34.6 Å². The van der Waals surface area contributed by atoms with Gasteiger partial charge in [-0.1, -0.05) is 12.1 Å². The first-order chi connectivity index (χ1) is 22.3. The summed E-state index contributed by atoms with van der Waals surface area (Å²) in [5.74, 6) is 0.160. The molecule has 3 aromatic carbocycles. The highest BCUT2D eigenvalue weighted by Gasteiger charge is 2.17. The molecule has 46 heavy (non-hydrogen) atoms. The predicted molar refractivity (Wildman–Crippen MR) is 176 cm³/mol. The van der Waals surface area contributed by atoms with Crippen LogP contribution >= 0.6 is 0 Å². The zero-order chi connectivity index (χ0) is 32.5. The zero-order valence-corrected chi connectivity index (χ0v) is 25.5. The number of amides is 4. The normalized spacial score (nSPS) is 10.5. The van der Waals surface area contributed by atoms with Crippen LogP contribution in [0.2, 0.25) is 0 Å². The predicted octanol–water partition coefficient (Wildman–Crippen LogP) is 5.31. The van der Waals surface area contributed by atoms with E-state index in [2.05, 4.69) is 21.3 Å². The highest BCUT2D eigenvalue weighted by molar-refractivity contribution is 6.08. The number of anilines is 4. The number of benzene rings is 3. The second-order valence-electron chi connectivity index (χ2n) is 10.3. The molecule has 10 nitrogen and oxygen atoms in total. The molecule has 0 aliphatic heterocycles. The zero-order valence-electron chi connectivity index (χ0n) is 25.5. The molecule has 0 bridgehead atoms. The van der Waals surface area contributed by atoms with E-state index in [1.54, 1.807) is 72.8 Å². The molecule has 0 aliphatic rings. The molecule has 0 fully saturated rings. The Labute approximate surface area is 266 Å². The third-order valence-electron chi connectivity index (χ3n) is 7.27. The van der Waals surface area contributed by atoms with Gasteiger partial charge in [-0.15, -0.1) is 0 Å². The van der Waals surface area contributed by atoms with E-state index in [-0.39, 0.29) is 23.6 Å². The number of nitrogens with zero attached hydrogens (tertiary/aromatic N) is 2. The second-order valence-corrected chi connectivity index (χ2v) is 10.3. The summed E-state index contributed by atoms with van der Waals surface area (Å²) in [6.45, 7) is 5.43. The molecule has 5 rings (SSSR count). The molecule has 2 heterocycles. The number of carbonyl (C=O) groups is 4. The lowest BCUT2D eigenvalue weighted by Crippen LogP contribution is -2.36.